The van der Waals surface area contributed by atoms with Gasteiger partial charge in [-0.1, -0.05) is 176 Å². The van der Waals surface area contributed by atoms with Crippen LogP contribution in [0.25, 0.3) is 53.6 Å². The smallest absolute Gasteiger partial charge is 0.0713 e. The zero-order valence-electron chi connectivity index (χ0n) is 31.2. The molecule has 10 aromatic rings. The summed E-state index contributed by atoms with van der Waals surface area (Å²) in [4.78, 5) is 2.38. The van der Waals surface area contributed by atoms with E-state index in [0.29, 0.717) is 0 Å². The molecule has 1 nitrogen and oxygen atoms in total. The van der Waals surface area contributed by atoms with Gasteiger partial charge in [0.2, 0.25) is 0 Å². The number of hydrogen-bond donors (Lipinski definition) is 0. The van der Waals surface area contributed by atoms with Gasteiger partial charge in [0.15, 0.2) is 0 Å². The third-order valence-electron chi connectivity index (χ3n) is 11.8. The molecule has 57 heavy (non-hydrogen) atoms. The Morgan fingerprint density at radius 3 is 1.49 bits per heavy atom. The molecule has 1 aliphatic rings. The van der Waals surface area contributed by atoms with E-state index in [2.05, 4.69) is 229 Å². The van der Waals surface area contributed by atoms with Gasteiger partial charge >= 0.3 is 0 Å². The van der Waals surface area contributed by atoms with Gasteiger partial charge in [0.1, 0.15) is 0 Å². The fourth-order valence-corrected chi connectivity index (χ4v) is 10.3. The van der Waals surface area contributed by atoms with Gasteiger partial charge in [-0.2, -0.15) is 0 Å². The van der Waals surface area contributed by atoms with Gasteiger partial charge in [0.05, 0.1) is 5.41 Å². The molecule has 0 spiro atoms. The van der Waals surface area contributed by atoms with Gasteiger partial charge in [-0.15, -0.1) is 11.3 Å². The predicted molar refractivity (Wildman–Crippen MR) is 242 cm³/mol. The molecule has 0 fully saturated rings. The number of nitrogens with zero attached hydrogens (tertiary/aromatic N) is 1. The summed E-state index contributed by atoms with van der Waals surface area (Å²) in [6.45, 7) is 0. The van der Waals surface area contributed by atoms with E-state index in [1.54, 1.807) is 0 Å². The third-order valence-corrected chi connectivity index (χ3v) is 12.9. The Hall–Kier alpha value is -7.00. The van der Waals surface area contributed by atoms with Crippen molar-refractivity contribution in [3.05, 3.63) is 247 Å². The summed E-state index contributed by atoms with van der Waals surface area (Å²) < 4.78 is 2.60. The van der Waals surface area contributed by atoms with Gasteiger partial charge in [0, 0.05) is 37.2 Å². The maximum atomic E-state index is 2.41. The molecule has 9 aromatic carbocycles. The second kappa shape index (κ2) is 13.6. The van der Waals surface area contributed by atoms with Gasteiger partial charge in [-0.25, -0.2) is 0 Å². The van der Waals surface area contributed by atoms with Crippen molar-refractivity contribution in [3.8, 4) is 33.4 Å². The number of hydrogen-bond acceptors (Lipinski definition) is 2. The number of fused-ring (bicyclic) bond motifs is 6. The van der Waals surface area contributed by atoms with Gasteiger partial charge < -0.3 is 4.90 Å². The molecule has 268 valence electrons. The number of thiophene rings is 1. The molecule has 2 heteroatoms. The first-order valence-corrected chi connectivity index (χ1v) is 20.4. The number of benzene rings is 9. The van der Waals surface area contributed by atoms with Crippen LogP contribution in [-0.4, -0.2) is 0 Å². The van der Waals surface area contributed by atoms with Crippen LogP contribution in [0.4, 0.5) is 17.1 Å². The van der Waals surface area contributed by atoms with Crippen LogP contribution in [0.3, 0.4) is 0 Å². The van der Waals surface area contributed by atoms with E-state index in [-0.39, 0.29) is 0 Å². The van der Waals surface area contributed by atoms with Gasteiger partial charge in [0.25, 0.3) is 0 Å². The molecule has 0 unspecified atom stereocenters. The third kappa shape index (κ3) is 5.44. The summed E-state index contributed by atoms with van der Waals surface area (Å²) in [5, 5.41) is 2.61. The van der Waals surface area contributed by atoms with Gasteiger partial charge in [-0.3, -0.25) is 0 Å². The van der Waals surface area contributed by atoms with E-state index < -0.39 is 5.41 Å². The van der Waals surface area contributed by atoms with Crippen LogP contribution in [0, 0.1) is 0 Å². The molecule has 0 bridgehead atoms. The Morgan fingerprint density at radius 1 is 0.316 bits per heavy atom. The molecule has 0 amide bonds. The second-order valence-corrected chi connectivity index (χ2v) is 15.9. The Labute approximate surface area is 337 Å². The van der Waals surface area contributed by atoms with Crippen molar-refractivity contribution >= 4 is 48.6 Å². The second-order valence-electron chi connectivity index (χ2n) is 14.9. The maximum absolute atomic E-state index is 2.41. The average Bonchev–Trinajstić information content (AvgIpc) is 3.81. The molecule has 0 aliphatic heterocycles. The van der Waals surface area contributed by atoms with Crippen LogP contribution in [-0.2, 0) is 5.41 Å². The molecule has 1 aliphatic carbocycles. The first-order chi connectivity index (χ1) is 28.3. The molecule has 0 atom stereocenters. The van der Waals surface area contributed by atoms with Crippen molar-refractivity contribution < 1.29 is 0 Å². The molecule has 0 radical (unpaired) electrons. The molecular formula is C55H37NS. The fraction of sp³-hybridized carbons (Fsp3) is 0.0182. The summed E-state index contributed by atoms with van der Waals surface area (Å²) in [5.41, 5.74) is 15.5. The summed E-state index contributed by atoms with van der Waals surface area (Å²) in [7, 11) is 0. The average molecular weight is 744 g/mol. The first-order valence-electron chi connectivity index (χ1n) is 19.6. The number of anilines is 3. The van der Waals surface area contributed by atoms with E-state index >= 15 is 0 Å². The monoisotopic (exact) mass is 743 g/mol. The lowest BCUT2D eigenvalue weighted by atomic mass is 9.67. The Morgan fingerprint density at radius 2 is 0.807 bits per heavy atom. The van der Waals surface area contributed by atoms with Gasteiger partial charge in [-0.05, 0) is 104 Å². The zero-order chi connectivity index (χ0) is 37.8. The SMILES string of the molecule is c1ccc(-c2ccc(N(c3ccc(-c4cccc(C5(c6ccccc6)c6ccccc6-c6ccccc65)c4)cc3)c3ccc4c(c3)sc3ccccc34)cc2)cc1. The quantitative estimate of drug-likeness (QED) is 0.157. The summed E-state index contributed by atoms with van der Waals surface area (Å²) in [5.74, 6) is 0. The van der Waals surface area contributed by atoms with Crippen molar-refractivity contribution in [3.63, 3.8) is 0 Å². The van der Waals surface area contributed by atoms with Crippen molar-refractivity contribution in [2.24, 2.45) is 0 Å². The molecule has 1 heterocycles. The Kier molecular flexibility index (Phi) is 7.98. The van der Waals surface area contributed by atoms with Crippen molar-refractivity contribution in [2.45, 2.75) is 5.41 Å². The number of rotatable bonds is 7. The van der Waals surface area contributed by atoms with E-state index in [4.69, 9.17) is 0 Å². The lowest BCUT2D eigenvalue weighted by molar-refractivity contribution is 0.769. The highest BCUT2D eigenvalue weighted by Crippen LogP contribution is 2.56. The molecule has 11 rings (SSSR count). The molecule has 0 saturated heterocycles. The molecule has 0 N–H and O–H groups in total. The van der Waals surface area contributed by atoms with Crippen LogP contribution in [0.5, 0.6) is 0 Å². The fourth-order valence-electron chi connectivity index (χ4n) is 9.18. The van der Waals surface area contributed by atoms with Crippen molar-refractivity contribution in [1.29, 1.82) is 0 Å². The van der Waals surface area contributed by atoms with E-state index in [0.717, 1.165) is 17.1 Å². The molecular weight excluding hydrogens is 707 g/mol. The summed E-state index contributed by atoms with van der Waals surface area (Å²) >= 11 is 1.86. The van der Waals surface area contributed by atoms with E-state index in [1.807, 2.05) is 11.3 Å². The molecule has 0 saturated carbocycles. The van der Waals surface area contributed by atoms with E-state index in [9.17, 15) is 0 Å². The maximum Gasteiger partial charge on any atom is 0.0713 e. The van der Waals surface area contributed by atoms with Crippen molar-refractivity contribution in [1.82, 2.24) is 0 Å². The lowest BCUT2D eigenvalue weighted by Crippen LogP contribution is -2.28. The lowest BCUT2D eigenvalue weighted by Gasteiger charge is -2.34. The Balaban J connectivity index is 1.02. The van der Waals surface area contributed by atoms with Crippen LogP contribution in [0.15, 0.2) is 224 Å². The van der Waals surface area contributed by atoms with Crippen LogP contribution < -0.4 is 4.90 Å². The minimum absolute atomic E-state index is 0.432. The highest BCUT2D eigenvalue weighted by molar-refractivity contribution is 7.25. The largest absolute Gasteiger partial charge is 0.310 e. The minimum atomic E-state index is -0.432. The Bertz CT molecular complexity index is 3010. The van der Waals surface area contributed by atoms with Crippen molar-refractivity contribution in [2.75, 3.05) is 4.90 Å². The first kappa shape index (κ1) is 33.3. The summed E-state index contributed by atoms with van der Waals surface area (Å²) in [6, 6.07) is 82.4. The highest BCUT2D eigenvalue weighted by atomic mass is 32.1. The zero-order valence-corrected chi connectivity index (χ0v) is 32.0. The predicted octanol–water partition coefficient (Wildman–Crippen LogP) is 15.2. The molecule has 1 aromatic heterocycles. The standard InChI is InChI=1S/C55H37NS/c1-3-14-38(15-4-1)39-26-30-44(31-27-39)56(46-34-35-50-49-22-9-12-25-53(49)57-54(50)37-46)45-32-28-40(29-33-45)41-16-13-19-43(36-41)55(42-17-5-2-6-18-42)51-23-10-7-20-47(51)48-21-8-11-24-52(48)55/h1-37H. The minimum Gasteiger partial charge on any atom is -0.310 e. The van der Waals surface area contributed by atoms with Crippen LogP contribution >= 0.6 is 11.3 Å². The van der Waals surface area contributed by atoms with E-state index in [1.165, 1.54) is 75.8 Å². The highest BCUT2D eigenvalue weighted by Gasteiger charge is 2.45. The topological polar surface area (TPSA) is 3.24 Å². The van der Waals surface area contributed by atoms with Crippen LogP contribution in [0.2, 0.25) is 0 Å². The summed E-state index contributed by atoms with van der Waals surface area (Å²) in [6.07, 6.45) is 0. The normalized spacial score (nSPS) is 12.7. The van der Waals surface area contributed by atoms with Crippen LogP contribution in [0.1, 0.15) is 22.3 Å².